The zero-order chi connectivity index (χ0) is 13.8. The lowest BCUT2D eigenvalue weighted by Gasteiger charge is -2.08. The van der Waals surface area contributed by atoms with Gasteiger partial charge in [0, 0.05) is 26.5 Å². The van der Waals surface area contributed by atoms with Crippen molar-refractivity contribution in [1.82, 2.24) is 0 Å². The fourth-order valence-corrected chi connectivity index (χ4v) is 2.63. The van der Waals surface area contributed by atoms with Crippen LogP contribution in [-0.4, -0.2) is 12.9 Å². The number of methoxy groups -OCH3 is 1. The Kier molecular flexibility index (Phi) is 4.77. The van der Waals surface area contributed by atoms with Crippen molar-refractivity contribution in [3.8, 4) is 5.75 Å². The molecule has 98 valence electrons. The SMILES string of the molecule is COc1ccc(Br)cc1CC(=O)c1cccc(Br)c1. The zero-order valence-corrected chi connectivity index (χ0v) is 13.5. The first-order valence-corrected chi connectivity index (χ1v) is 7.30. The van der Waals surface area contributed by atoms with E-state index >= 15 is 0 Å². The summed E-state index contributed by atoms with van der Waals surface area (Å²) in [6, 6.07) is 13.1. The zero-order valence-electron chi connectivity index (χ0n) is 10.3. The molecule has 0 aromatic heterocycles. The van der Waals surface area contributed by atoms with Crippen molar-refractivity contribution in [3.05, 3.63) is 62.5 Å². The first-order chi connectivity index (χ1) is 9.10. The second kappa shape index (κ2) is 6.35. The van der Waals surface area contributed by atoms with E-state index in [1.54, 1.807) is 7.11 Å². The average molecular weight is 384 g/mol. The molecular formula is C15H12Br2O2. The van der Waals surface area contributed by atoms with Gasteiger partial charge in [0.05, 0.1) is 7.11 Å². The van der Waals surface area contributed by atoms with Gasteiger partial charge < -0.3 is 4.74 Å². The van der Waals surface area contributed by atoms with Crippen molar-refractivity contribution in [2.45, 2.75) is 6.42 Å². The lowest BCUT2D eigenvalue weighted by atomic mass is 10.0. The van der Waals surface area contributed by atoms with Crippen LogP contribution in [0.3, 0.4) is 0 Å². The van der Waals surface area contributed by atoms with Crippen molar-refractivity contribution in [1.29, 1.82) is 0 Å². The molecule has 0 unspecified atom stereocenters. The number of rotatable bonds is 4. The molecule has 0 saturated carbocycles. The summed E-state index contributed by atoms with van der Waals surface area (Å²) in [7, 11) is 1.61. The molecule has 0 radical (unpaired) electrons. The summed E-state index contributed by atoms with van der Waals surface area (Å²) >= 11 is 6.78. The van der Waals surface area contributed by atoms with E-state index in [0.29, 0.717) is 12.0 Å². The number of Topliss-reactive ketones (excluding diaryl/α,β-unsaturated/α-hetero) is 1. The highest BCUT2D eigenvalue weighted by Gasteiger charge is 2.11. The molecular weight excluding hydrogens is 372 g/mol. The number of benzene rings is 2. The number of carbonyl (C=O) groups is 1. The summed E-state index contributed by atoms with van der Waals surface area (Å²) in [6.45, 7) is 0. The van der Waals surface area contributed by atoms with Crippen LogP contribution in [0.2, 0.25) is 0 Å². The molecule has 2 aromatic rings. The lowest BCUT2D eigenvalue weighted by Crippen LogP contribution is -2.05. The molecule has 0 N–H and O–H groups in total. The number of hydrogen-bond acceptors (Lipinski definition) is 2. The maximum Gasteiger partial charge on any atom is 0.167 e. The van der Waals surface area contributed by atoms with Gasteiger partial charge in [-0.1, -0.05) is 44.0 Å². The third kappa shape index (κ3) is 3.67. The van der Waals surface area contributed by atoms with Crippen LogP contribution >= 0.6 is 31.9 Å². The standard InChI is InChI=1S/C15H12Br2O2/c1-19-15-6-5-13(17)8-11(15)9-14(18)10-3-2-4-12(16)7-10/h2-8H,9H2,1H3. The van der Waals surface area contributed by atoms with E-state index in [2.05, 4.69) is 31.9 Å². The van der Waals surface area contributed by atoms with Gasteiger partial charge >= 0.3 is 0 Å². The minimum absolute atomic E-state index is 0.0673. The van der Waals surface area contributed by atoms with E-state index in [0.717, 1.165) is 20.3 Å². The van der Waals surface area contributed by atoms with E-state index in [-0.39, 0.29) is 5.78 Å². The Morgan fingerprint density at radius 3 is 2.53 bits per heavy atom. The molecule has 0 bridgehead atoms. The van der Waals surface area contributed by atoms with Gasteiger partial charge in [0.15, 0.2) is 5.78 Å². The molecule has 2 aromatic carbocycles. The van der Waals surface area contributed by atoms with Gasteiger partial charge in [-0.05, 0) is 30.3 Å². The second-order valence-electron chi connectivity index (χ2n) is 4.07. The van der Waals surface area contributed by atoms with Crippen LogP contribution in [0.4, 0.5) is 0 Å². The highest BCUT2D eigenvalue weighted by atomic mass is 79.9. The summed E-state index contributed by atoms with van der Waals surface area (Å²) in [4.78, 5) is 12.3. The maximum atomic E-state index is 12.3. The van der Waals surface area contributed by atoms with Gasteiger partial charge in [-0.15, -0.1) is 0 Å². The average Bonchev–Trinajstić information content (AvgIpc) is 2.39. The Balaban J connectivity index is 2.26. The molecule has 0 aliphatic rings. The van der Waals surface area contributed by atoms with Crippen molar-refractivity contribution >= 4 is 37.6 Å². The fourth-order valence-electron chi connectivity index (χ4n) is 1.82. The number of hydrogen-bond donors (Lipinski definition) is 0. The molecule has 0 atom stereocenters. The second-order valence-corrected chi connectivity index (χ2v) is 5.90. The topological polar surface area (TPSA) is 26.3 Å². The van der Waals surface area contributed by atoms with Crippen LogP contribution in [0.1, 0.15) is 15.9 Å². The van der Waals surface area contributed by atoms with Gasteiger partial charge in [0.2, 0.25) is 0 Å². The molecule has 0 amide bonds. The third-order valence-electron chi connectivity index (χ3n) is 2.74. The highest BCUT2D eigenvalue weighted by molar-refractivity contribution is 9.10. The molecule has 0 saturated heterocycles. The summed E-state index contributed by atoms with van der Waals surface area (Å²) in [5, 5.41) is 0. The quantitative estimate of drug-likeness (QED) is 0.718. The van der Waals surface area contributed by atoms with E-state index in [4.69, 9.17) is 4.74 Å². The summed E-state index contributed by atoms with van der Waals surface area (Å²) in [5.41, 5.74) is 1.57. The molecule has 0 aliphatic heterocycles. The van der Waals surface area contributed by atoms with Gasteiger partial charge in [-0.25, -0.2) is 0 Å². The smallest absolute Gasteiger partial charge is 0.167 e. The number of ketones is 1. The molecule has 2 rings (SSSR count). The van der Waals surface area contributed by atoms with E-state index < -0.39 is 0 Å². The van der Waals surface area contributed by atoms with Crippen molar-refractivity contribution in [2.75, 3.05) is 7.11 Å². The normalized spacial score (nSPS) is 10.3. The Morgan fingerprint density at radius 1 is 1.11 bits per heavy atom. The fraction of sp³-hybridized carbons (Fsp3) is 0.133. The van der Waals surface area contributed by atoms with Gasteiger partial charge in [-0.3, -0.25) is 4.79 Å². The molecule has 0 spiro atoms. The van der Waals surface area contributed by atoms with Crippen LogP contribution in [0.25, 0.3) is 0 Å². The summed E-state index contributed by atoms with van der Waals surface area (Å²) in [6.07, 6.45) is 0.319. The van der Waals surface area contributed by atoms with E-state index in [1.807, 2.05) is 42.5 Å². The van der Waals surface area contributed by atoms with Crippen molar-refractivity contribution in [2.24, 2.45) is 0 Å². The van der Waals surface area contributed by atoms with Gasteiger partial charge in [-0.2, -0.15) is 0 Å². The van der Waals surface area contributed by atoms with Crippen molar-refractivity contribution < 1.29 is 9.53 Å². The number of carbonyl (C=O) groups excluding carboxylic acids is 1. The van der Waals surface area contributed by atoms with Gasteiger partial charge in [0.25, 0.3) is 0 Å². The Bertz CT molecular complexity index is 609. The predicted molar refractivity (Wildman–Crippen MR) is 82.9 cm³/mol. The van der Waals surface area contributed by atoms with Crippen LogP contribution < -0.4 is 4.74 Å². The van der Waals surface area contributed by atoms with Crippen LogP contribution in [-0.2, 0) is 6.42 Å². The Hall–Kier alpha value is -1.13. The highest BCUT2D eigenvalue weighted by Crippen LogP contribution is 2.24. The molecule has 0 heterocycles. The van der Waals surface area contributed by atoms with E-state index in [9.17, 15) is 4.79 Å². The summed E-state index contributed by atoms with van der Waals surface area (Å²) < 4.78 is 7.12. The Morgan fingerprint density at radius 2 is 1.84 bits per heavy atom. The lowest BCUT2D eigenvalue weighted by molar-refractivity contribution is 0.0992. The minimum atomic E-state index is 0.0673. The van der Waals surface area contributed by atoms with Gasteiger partial charge in [0.1, 0.15) is 5.75 Å². The minimum Gasteiger partial charge on any atom is -0.496 e. The molecule has 4 heteroatoms. The van der Waals surface area contributed by atoms with E-state index in [1.165, 1.54) is 0 Å². The summed E-state index contributed by atoms with van der Waals surface area (Å²) in [5.74, 6) is 0.796. The number of halogens is 2. The molecule has 2 nitrogen and oxygen atoms in total. The molecule has 19 heavy (non-hydrogen) atoms. The largest absolute Gasteiger partial charge is 0.496 e. The Labute approximate surface area is 129 Å². The molecule has 0 aliphatic carbocycles. The third-order valence-corrected chi connectivity index (χ3v) is 3.73. The monoisotopic (exact) mass is 382 g/mol. The predicted octanol–water partition coefficient (Wildman–Crippen LogP) is 4.65. The van der Waals surface area contributed by atoms with Crippen LogP contribution in [0.15, 0.2) is 51.4 Å². The first kappa shape index (κ1) is 14.3. The number of ether oxygens (including phenoxy) is 1. The van der Waals surface area contributed by atoms with Crippen molar-refractivity contribution in [3.63, 3.8) is 0 Å². The van der Waals surface area contributed by atoms with Crippen LogP contribution in [0.5, 0.6) is 5.75 Å². The first-order valence-electron chi connectivity index (χ1n) is 5.71. The molecule has 0 fully saturated rings. The van der Waals surface area contributed by atoms with Crippen LogP contribution in [0, 0.1) is 0 Å². The maximum absolute atomic E-state index is 12.3.